The van der Waals surface area contributed by atoms with Gasteiger partial charge in [0.15, 0.2) is 15.7 Å². The van der Waals surface area contributed by atoms with E-state index in [4.69, 9.17) is 14.0 Å². The van der Waals surface area contributed by atoms with Crippen molar-refractivity contribution in [2.75, 3.05) is 13.7 Å². The lowest BCUT2D eigenvalue weighted by Crippen LogP contribution is -2.09. The molecule has 2 heterocycles. The summed E-state index contributed by atoms with van der Waals surface area (Å²) in [7, 11) is -2.32. The average Bonchev–Trinajstić information content (AvgIpc) is 2.95. The summed E-state index contributed by atoms with van der Waals surface area (Å²) in [5.74, 6) is 0.143. The maximum absolute atomic E-state index is 12.6. The highest BCUT2D eigenvalue weighted by Gasteiger charge is 2.25. The summed E-state index contributed by atoms with van der Waals surface area (Å²) in [6, 6.07) is 0. The largest absolute Gasteiger partial charge is 0.495 e. The molecule has 0 spiro atoms. The first-order valence-electron chi connectivity index (χ1n) is 7.04. The monoisotopic (exact) mass is 341 g/mol. The second-order valence-electron chi connectivity index (χ2n) is 4.89. The summed E-state index contributed by atoms with van der Waals surface area (Å²) < 4.78 is 40.6. The number of aryl methyl sites for hydroxylation is 1. The molecule has 23 heavy (non-hydrogen) atoms. The Morgan fingerprint density at radius 2 is 2.09 bits per heavy atom. The number of methoxy groups -OCH3 is 1. The first kappa shape index (κ1) is 17.4. The predicted molar refractivity (Wildman–Crippen MR) is 80.8 cm³/mol. The highest BCUT2D eigenvalue weighted by molar-refractivity contribution is 7.90. The highest BCUT2D eigenvalue weighted by atomic mass is 32.2. The van der Waals surface area contributed by atoms with Gasteiger partial charge in [-0.3, -0.25) is 4.98 Å². The minimum absolute atomic E-state index is 0.00222. The fraction of sp³-hybridized carbons (Fsp3) is 0.500. The lowest BCUT2D eigenvalue weighted by Gasteiger charge is -2.09. The van der Waals surface area contributed by atoms with Gasteiger partial charge in [0.2, 0.25) is 5.89 Å². The van der Waals surface area contributed by atoms with Crippen LogP contribution in [0.3, 0.4) is 0 Å². The summed E-state index contributed by atoms with van der Waals surface area (Å²) in [6.45, 7) is 5.83. The summed E-state index contributed by atoms with van der Waals surface area (Å²) in [5, 5.41) is 3.75. The molecule has 0 fully saturated rings. The van der Waals surface area contributed by atoms with Crippen LogP contribution in [0.4, 0.5) is 0 Å². The van der Waals surface area contributed by atoms with E-state index >= 15 is 0 Å². The summed E-state index contributed by atoms with van der Waals surface area (Å²) in [5.41, 5.74) is 0.629. The minimum Gasteiger partial charge on any atom is -0.495 e. The van der Waals surface area contributed by atoms with Gasteiger partial charge in [0, 0.05) is 24.6 Å². The van der Waals surface area contributed by atoms with E-state index in [1.807, 2.05) is 6.92 Å². The van der Waals surface area contributed by atoms with E-state index in [9.17, 15) is 8.42 Å². The van der Waals surface area contributed by atoms with E-state index in [0.29, 0.717) is 18.0 Å². The van der Waals surface area contributed by atoms with Crippen molar-refractivity contribution in [2.45, 2.75) is 37.5 Å². The first-order valence-corrected chi connectivity index (χ1v) is 8.69. The van der Waals surface area contributed by atoms with Gasteiger partial charge in [0.1, 0.15) is 22.5 Å². The van der Waals surface area contributed by atoms with E-state index in [1.165, 1.54) is 19.5 Å². The third-order valence-corrected chi connectivity index (χ3v) is 4.75. The topological polar surface area (TPSA) is 104 Å². The predicted octanol–water partition coefficient (Wildman–Crippen LogP) is 1.85. The molecule has 0 N–H and O–H groups in total. The third kappa shape index (κ3) is 3.85. The van der Waals surface area contributed by atoms with Crippen LogP contribution in [0.25, 0.3) is 0 Å². The van der Waals surface area contributed by atoms with Crippen LogP contribution in [0.2, 0.25) is 0 Å². The van der Waals surface area contributed by atoms with Crippen molar-refractivity contribution >= 4 is 9.84 Å². The number of hydrogen-bond donors (Lipinski definition) is 0. The molecule has 8 nitrogen and oxygen atoms in total. The van der Waals surface area contributed by atoms with E-state index in [0.717, 1.165) is 0 Å². The van der Waals surface area contributed by atoms with Gasteiger partial charge in [-0.2, -0.15) is 4.98 Å². The number of sulfone groups is 1. The molecule has 0 bridgehead atoms. The molecule has 0 aliphatic heterocycles. The Morgan fingerprint density at radius 1 is 1.35 bits per heavy atom. The zero-order valence-electron chi connectivity index (χ0n) is 13.4. The Hall–Kier alpha value is -2.00. The lowest BCUT2D eigenvalue weighted by molar-refractivity contribution is 0.0683. The fourth-order valence-corrected chi connectivity index (χ4v) is 3.41. The molecule has 2 rings (SSSR count). The standard InChI is InChI=1S/C14H19N3O5S/c1-5-21-10(3)14-16-12(22-17-14)8-23(18,19)11-7-15-6-9(2)13(11)20-4/h6-7,10H,5,8H2,1-4H3. The van der Waals surface area contributed by atoms with E-state index in [-0.39, 0.29) is 22.6 Å². The Bertz CT molecular complexity index is 772. The molecule has 0 saturated carbocycles. The van der Waals surface area contributed by atoms with E-state index < -0.39 is 15.6 Å². The van der Waals surface area contributed by atoms with Crippen LogP contribution >= 0.6 is 0 Å². The maximum Gasteiger partial charge on any atom is 0.242 e. The molecule has 0 amide bonds. The second kappa shape index (κ2) is 7.05. The van der Waals surface area contributed by atoms with E-state index in [1.54, 1.807) is 13.8 Å². The summed E-state index contributed by atoms with van der Waals surface area (Å²) >= 11 is 0. The Morgan fingerprint density at radius 3 is 2.74 bits per heavy atom. The molecule has 2 aromatic heterocycles. The van der Waals surface area contributed by atoms with Crippen molar-refractivity contribution < 1.29 is 22.4 Å². The zero-order valence-corrected chi connectivity index (χ0v) is 14.3. The number of nitrogens with zero attached hydrogens (tertiary/aromatic N) is 3. The molecule has 9 heteroatoms. The SMILES string of the molecule is CCOC(C)c1noc(CS(=O)(=O)c2cncc(C)c2OC)n1. The number of ether oxygens (including phenoxy) is 2. The van der Waals surface area contributed by atoms with Crippen molar-refractivity contribution in [1.29, 1.82) is 0 Å². The molecule has 0 aliphatic carbocycles. The van der Waals surface area contributed by atoms with Gasteiger partial charge in [-0.25, -0.2) is 8.42 Å². The van der Waals surface area contributed by atoms with Crippen LogP contribution in [0.15, 0.2) is 21.8 Å². The number of aromatic nitrogens is 3. The molecule has 0 aliphatic rings. The smallest absolute Gasteiger partial charge is 0.242 e. The molecular formula is C14H19N3O5S. The molecule has 126 valence electrons. The normalized spacial score (nSPS) is 13.0. The van der Waals surface area contributed by atoms with Crippen molar-refractivity contribution in [3.63, 3.8) is 0 Å². The Kier molecular flexibility index (Phi) is 5.32. The second-order valence-corrected chi connectivity index (χ2v) is 6.85. The van der Waals surface area contributed by atoms with E-state index in [2.05, 4.69) is 15.1 Å². The van der Waals surface area contributed by atoms with Gasteiger partial charge in [-0.1, -0.05) is 5.16 Å². The molecule has 1 unspecified atom stereocenters. The van der Waals surface area contributed by atoms with Gasteiger partial charge in [0.25, 0.3) is 0 Å². The summed E-state index contributed by atoms with van der Waals surface area (Å²) in [4.78, 5) is 7.98. The molecule has 2 aromatic rings. The van der Waals surface area contributed by atoms with Gasteiger partial charge >= 0.3 is 0 Å². The average molecular weight is 341 g/mol. The van der Waals surface area contributed by atoms with Crippen molar-refractivity contribution in [3.8, 4) is 5.75 Å². The van der Waals surface area contributed by atoms with Gasteiger partial charge in [-0.15, -0.1) is 0 Å². The molecule has 0 saturated heterocycles. The number of pyridine rings is 1. The van der Waals surface area contributed by atoms with Crippen LogP contribution in [-0.4, -0.2) is 37.3 Å². The van der Waals surface area contributed by atoms with Crippen LogP contribution in [0.5, 0.6) is 5.75 Å². The van der Waals surface area contributed by atoms with Gasteiger partial charge < -0.3 is 14.0 Å². The molecular weight excluding hydrogens is 322 g/mol. The molecule has 0 aromatic carbocycles. The molecule has 0 radical (unpaired) electrons. The van der Waals surface area contributed by atoms with Gasteiger partial charge in [-0.05, 0) is 20.8 Å². The minimum atomic E-state index is -3.73. The number of rotatable bonds is 7. The lowest BCUT2D eigenvalue weighted by atomic mass is 10.3. The van der Waals surface area contributed by atoms with Gasteiger partial charge in [0.05, 0.1) is 7.11 Å². The fourth-order valence-electron chi connectivity index (χ4n) is 2.07. The van der Waals surface area contributed by atoms with Crippen LogP contribution in [-0.2, 0) is 20.3 Å². The quantitative estimate of drug-likeness (QED) is 0.751. The molecule has 1 atom stereocenters. The van der Waals surface area contributed by atoms with Crippen molar-refractivity contribution in [3.05, 3.63) is 29.7 Å². The van der Waals surface area contributed by atoms with Crippen LogP contribution < -0.4 is 4.74 Å². The van der Waals surface area contributed by atoms with Crippen molar-refractivity contribution in [2.24, 2.45) is 0 Å². The van der Waals surface area contributed by atoms with Crippen LogP contribution in [0, 0.1) is 6.92 Å². The highest BCUT2D eigenvalue weighted by Crippen LogP contribution is 2.28. The number of hydrogen-bond acceptors (Lipinski definition) is 8. The first-order chi connectivity index (χ1) is 10.9. The van der Waals surface area contributed by atoms with Crippen molar-refractivity contribution in [1.82, 2.24) is 15.1 Å². The van der Waals surface area contributed by atoms with Crippen LogP contribution in [0.1, 0.15) is 37.2 Å². The Balaban J connectivity index is 2.27. The third-order valence-electron chi connectivity index (χ3n) is 3.16. The zero-order chi connectivity index (χ0) is 17.0. The Labute approximate surface area is 134 Å². The maximum atomic E-state index is 12.6. The summed E-state index contributed by atoms with van der Waals surface area (Å²) in [6.07, 6.45) is 2.42.